The Morgan fingerprint density at radius 2 is 1.85 bits per heavy atom. The molecule has 0 aliphatic carbocycles. The molecule has 0 spiro atoms. The molecular weight excluding hydrogens is 360 g/mol. The van der Waals surface area contributed by atoms with E-state index in [-0.39, 0.29) is 11.9 Å². The first-order valence-corrected chi connectivity index (χ1v) is 10.5. The lowest BCUT2D eigenvalue weighted by Crippen LogP contribution is -2.27. The van der Waals surface area contributed by atoms with Gasteiger partial charge in [0.25, 0.3) is 5.91 Å². The fourth-order valence-corrected chi connectivity index (χ4v) is 3.08. The maximum absolute atomic E-state index is 12.7. The number of ether oxygens (including phenoxy) is 2. The minimum Gasteiger partial charge on any atom is -0.490 e. The molecule has 6 heteroatoms. The first-order valence-electron chi connectivity index (χ1n) is 9.30. The predicted molar refractivity (Wildman–Crippen MR) is 110 cm³/mol. The number of amides is 1. The van der Waals surface area contributed by atoms with Crippen LogP contribution in [0.4, 0.5) is 0 Å². The van der Waals surface area contributed by atoms with Gasteiger partial charge in [-0.3, -0.25) is 4.79 Å². The average Bonchev–Trinajstić information content (AvgIpc) is 2.70. The molecule has 1 atom stereocenters. The monoisotopic (exact) mass is 388 g/mol. The summed E-state index contributed by atoms with van der Waals surface area (Å²) >= 11 is 1.46. The number of hydrogen-bond donors (Lipinski definition) is 1. The summed E-state index contributed by atoms with van der Waals surface area (Å²) in [6, 6.07) is 9.22. The zero-order valence-electron chi connectivity index (χ0n) is 16.5. The molecule has 2 aromatic rings. The van der Waals surface area contributed by atoms with Crippen LogP contribution < -0.4 is 14.8 Å². The van der Waals surface area contributed by atoms with Gasteiger partial charge in [-0.2, -0.15) is 0 Å². The van der Waals surface area contributed by atoms with Crippen LogP contribution >= 0.6 is 11.8 Å². The Morgan fingerprint density at radius 1 is 1.15 bits per heavy atom. The highest BCUT2D eigenvalue weighted by Gasteiger charge is 2.17. The van der Waals surface area contributed by atoms with E-state index in [1.807, 2.05) is 31.4 Å². The molecule has 0 bridgehead atoms. The maximum Gasteiger partial charge on any atom is 0.254 e. The van der Waals surface area contributed by atoms with Crippen molar-refractivity contribution in [3.63, 3.8) is 0 Å². The van der Waals surface area contributed by atoms with Crippen molar-refractivity contribution in [3.05, 3.63) is 47.7 Å². The molecule has 0 radical (unpaired) electrons. The first-order chi connectivity index (χ1) is 13.1. The van der Waals surface area contributed by atoms with Crippen molar-refractivity contribution in [2.75, 3.05) is 19.5 Å². The molecule has 146 valence electrons. The Labute approximate surface area is 165 Å². The molecular formula is C21H28N2O3S. The fourth-order valence-electron chi connectivity index (χ4n) is 2.53. The van der Waals surface area contributed by atoms with Crippen LogP contribution in [-0.4, -0.2) is 30.4 Å². The third-order valence-corrected chi connectivity index (χ3v) is 4.66. The van der Waals surface area contributed by atoms with Gasteiger partial charge in [0.1, 0.15) is 5.03 Å². The van der Waals surface area contributed by atoms with E-state index in [0.717, 1.165) is 34.9 Å². The number of carbonyl (C=O) groups is 1. The lowest BCUT2D eigenvalue weighted by Gasteiger charge is -2.18. The van der Waals surface area contributed by atoms with Gasteiger partial charge in [0.15, 0.2) is 11.5 Å². The highest BCUT2D eigenvalue weighted by molar-refractivity contribution is 7.98. The smallest absolute Gasteiger partial charge is 0.254 e. The van der Waals surface area contributed by atoms with Crippen molar-refractivity contribution < 1.29 is 14.3 Å². The minimum atomic E-state index is -0.170. The van der Waals surface area contributed by atoms with Gasteiger partial charge in [-0.15, -0.1) is 11.8 Å². The third kappa shape index (κ3) is 5.89. The molecule has 0 aliphatic heterocycles. The number of rotatable bonds is 10. The van der Waals surface area contributed by atoms with Crippen LogP contribution in [0.15, 0.2) is 41.6 Å². The molecule has 1 unspecified atom stereocenters. The van der Waals surface area contributed by atoms with Crippen molar-refractivity contribution in [2.24, 2.45) is 0 Å². The number of nitrogens with one attached hydrogen (secondary N) is 1. The lowest BCUT2D eigenvalue weighted by molar-refractivity contribution is 0.0936. The maximum atomic E-state index is 12.7. The highest BCUT2D eigenvalue weighted by Crippen LogP contribution is 2.31. The van der Waals surface area contributed by atoms with Crippen molar-refractivity contribution in [2.45, 2.75) is 44.7 Å². The van der Waals surface area contributed by atoms with Gasteiger partial charge in [-0.05, 0) is 55.9 Å². The van der Waals surface area contributed by atoms with Crippen molar-refractivity contribution >= 4 is 17.7 Å². The SMILES string of the molecule is CCCOc1ccc(C(C)NC(=O)c2cccnc2SC)cc1OCCC. The molecule has 1 aromatic heterocycles. The van der Waals surface area contributed by atoms with E-state index in [4.69, 9.17) is 9.47 Å². The van der Waals surface area contributed by atoms with Crippen LogP contribution in [-0.2, 0) is 0 Å². The zero-order chi connectivity index (χ0) is 19.6. The van der Waals surface area contributed by atoms with Crippen molar-refractivity contribution in [1.82, 2.24) is 10.3 Å². The average molecular weight is 389 g/mol. The first kappa shape index (κ1) is 21.1. The predicted octanol–water partition coefficient (Wildman–Crippen LogP) is 4.87. The fraction of sp³-hybridized carbons (Fsp3) is 0.429. The van der Waals surface area contributed by atoms with Gasteiger partial charge >= 0.3 is 0 Å². The van der Waals surface area contributed by atoms with E-state index in [1.54, 1.807) is 18.3 Å². The van der Waals surface area contributed by atoms with Gasteiger partial charge in [-0.1, -0.05) is 19.9 Å². The Morgan fingerprint density at radius 3 is 2.52 bits per heavy atom. The lowest BCUT2D eigenvalue weighted by atomic mass is 10.1. The van der Waals surface area contributed by atoms with Gasteiger partial charge in [0.2, 0.25) is 0 Å². The van der Waals surface area contributed by atoms with E-state index >= 15 is 0 Å². The second kappa shape index (κ2) is 10.8. The number of nitrogens with zero attached hydrogens (tertiary/aromatic N) is 1. The number of pyridine rings is 1. The molecule has 1 aromatic carbocycles. The third-order valence-electron chi connectivity index (χ3n) is 3.95. The number of benzene rings is 1. The van der Waals surface area contributed by atoms with E-state index in [1.165, 1.54) is 11.8 Å². The normalized spacial score (nSPS) is 11.7. The standard InChI is InChI=1S/C21H28N2O3S/c1-5-12-25-18-10-9-16(14-19(18)26-13-6-2)15(3)23-20(24)17-8-7-11-22-21(17)27-4/h7-11,14-15H,5-6,12-13H2,1-4H3,(H,23,24). The van der Waals surface area contributed by atoms with E-state index in [0.29, 0.717) is 18.8 Å². The number of aromatic nitrogens is 1. The van der Waals surface area contributed by atoms with E-state index < -0.39 is 0 Å². The Bertz CT molecular complexity index is 752. The second-order valence-corrected chi connectivity index (χ2v) is 6.95. The van der Waals surface area contributed by atoms with Gasteiger partial charge in [-0.25, -0.2) is 4.98 Å². The van der Waals surface area contributed by atoms with Crippen LogP contribution in [0.25, 0.3) is 0 Å². The van der Waals surface area contributed by atoms with E-state index in [9.17, 15) is 4.79 Å². The molecule has 0 saturated heterocycles. The largest absolute Gasteiger partial charge is 0.490 e. The molecule has 0 fully saturated rings. The topological polar surface area (TPSA) is 60.5 Å². The number of thioether (sulfide) groups is 1. The summed E-state index contributed by atoms with van der Waals surface area (Å²) < 4.78 is 11.6. The summed E-state index contributed by atoms with van der Waals surface area (Å²) in [5.74, 6) is 1.32. The quantitative estimate of drug-likeness (QED) is 0.588. The molecule has 27 heavy (non-hydrogen) atoms. The minimum absolute atomic E-state index is 0.137. The molecule has 2 rings (SSSR count). The molecule has 0 aliphatic rings. The Kier molecular flexibility index (Phi) is 8.45. The molecule has 1 amide bonds. The summed E-state index contributed by atoms with van der Waals surface area (Å²) in [6.45, 7) is 7.36. The van der Waals surface area contributed by atoms with Crippen LogP contribution in [0.3, 0.4) is 0 Å². The van der Waals surface area contributed by atoms with Crippen molar-refractivity contribution in [1.29, 1.82) is 0 Å². The number of carbonyl (C=O) groups excluding carboxylic acids is 1. The highest BCUT2D eigenvalue weighted by atomic mass is 32.2. The van der Waals surface area contributed by atoms with Gasteiger partial charge in [0.05, 0.1) is 24.8 Å². The van der Waals surface area contributed by atoms with Gasteiger partial charge in [0, 0.05) is 6.20 Å². The van der Waals surface area contributed by atoms with E-state index in [2.05, 4.69) is 24.1 Å². The molecule has 5 nitrogen and oxygen atoms in total. The van der Waals surface area contributed by atoms with Crippen LogP contribution in [0, 0.1) is 0 Å². The molecule has 1 N–H and O–H groups in total. The van der Waals surface area contributed by atoms with Crippen LogP contribution in [0.5, 0.6) is 11.5 Å². The van der Waals surface area contributed by atoms with Gasteiger partial charge < -0.3 is 14.8 Å². The zero-order valence-corrected chi connectivity index (χ0v) is 17.3. The molecule has 0 saturated carbocycles. The molecule has 1 heterocycles. The summed E-state index contributed by atoms with van der Waals surface area (Å²) in [6.07, 6.45) is 5.46. The van der Waals surface area contributed by atoms with Crippen molar-refractivity contribution in [3.8, 4) is 11.5 Å². The number of hydrogen-bond acceptors (Lipinski definition) is 5. The summed E-state index contributed by atoms with van der Waals surface area (Å²) in [4.78, 5) is 16.9. The van der Waals surface area contributed by atoms with Crippen LogP contribution in [0.1, 0.15) is 55.6 Å². The second-order valence-electron chi connectivity index (χ2n) is 6.16. The van der Waals surface area contributed by atoms with Crippen LogP contribution in [0.2, 0.25) is 0 Å². The summed E-state index contributed by atoms with van der Waals surface area (Å²) in [7, 11) is 0. The summed E-state index contributed by atoms with van der Waals surface area (Å²) in [5, 5.41) is 3.76. The Balaban J connectivity index is 2.16. The summed E-state index contributed by atoms with van der Waals surface area (Å²) in [5.41, 5.74) is 1.55. The Hall–Kier alpha value is -2.21.